The Kier molecular flexibility index (Phi) is 5.00. The van der Waals surface area contributed by atoms with Crippen molar-refractivity contribution in [3.63, 3.8) is 0 Å². The first kappa shape index (κ1) is 14.5. The van der Waals surface area contributed by atoms with Crippen molar-refractivity contribution in [3.8, 4) is 0 Å². The van der Waals surface area contributed by atoms with Crippen molar-refractivity contribution in [2.45, 2.75) is 32.6 Å². The van der Waals surface area contributed by atoms with Crippen molar-refractivity contribution in [3.05, 3.63) is 34.9 Å². The number of nitrogens with zero attached hydrogens (tertiary/aromatic N) is 1. The van der Waals surface area contributed by atoms with Crippen LogP contribution < -0.4 is 5.32 Å². The van der Waals surface area contributed by atoms with Crippen LogP contribution >= 0.6 is 0 Å². The molecule has 19 heavy (non-hydrogen) atoms. The quantitative estimate of drug-likeness (QED) is 0.895. The third-order valence-electron chi connectivity index (χ3n) is 4.35. The zero-order chi connectivity index (χ0) is 13.8. The van der Waals surface area contributed by atoms with E-state index in [1.54, 1.807) is 5.56 Å². The predicted molar refractivity (Wildman–Crippen MR) is 82.8 cm³/mol. The highest BCUT2D eigenvalue weighted by atomic mass is 15.1. The van der Waals surface area contributed by atoms with Crippen LogP contribution in [0.5, 0.6) is 0 Å². The van der Waals surface area contributed by atoms with Crippen LogP contribution in [0.25, 0.3) is 0 Å². The molecule has 0 bridgehead atoms. The minimum Gasteiger partial charge on any atom is -0.317 e. The summed E-state index contributed by atoms with van der Waals surface area (Å²) < 4.78 is 0. The molecule has 1 saturated heterocycles. The molecule has 2 nitrogen and oxygen atoms in total. The standard InChI is InChI=1S/C17H28N2/c1-13-5-6-14(2)16(11-13)17(12-19(3)4)15-7-9-18-10-8-15/h5-6,11,15,17-18H,7-10,12H2,1-4H3. The summed E-state index contributed by atoms with van der Waals surface area (Å²) in [5.74, 6) is 1.50. The van der Waals surface area contributed by atoms with Crippen molar-refractivity contribution in [2.75, 3.05) is 33.7 Å². The van der Waals surface area contributed by atoms with Gasteiger partial charge in [-0.2, -0.15) is 0 Å². The van der Waals surface area contributed by atoms with E-state index in [0.717, 1.165) is 12.5 Å². The second-order valence-corrected chi connectivity index (χ2v) is 6.32. The maximum atomic E-state index is 3.49. The summed E-state index contributed by atoms with van der Waals surface area (Å²) in [6.45, 7) is 7.99. The molecule has 0 saturated carbocycles. The van der Waals surface area contributed by atoms with E-state index in [2.05, 4.69) is 56.4 Å². The van der Waals surface area contributed by atoms with Crippen molar-refractivity contribution in [1.29, 1.82) is 0 Å². The van der Waals surface area contributed by atoms with Crippen LogP contribution in [0, 0.1) is 19.8 Å². The summed E-state index contributed by atoms with van der Waals surface area (Å²) in [7, 11) is 4.39. The van der Waals surface area contributed by atoms with Crippen LogP contribution in [-0.4, -0.2) is 38.6 Å². The van der Waals surface area contributed by atoms with E-state index in [4.69, 9.17) is 0 Å². The maximum absolute atomic E-state index is 3.49. The average Bonchev–Trinajstić information content (AvgIpc) is 2.40. The van der Waals surface area contributed by atoms with Crippen LogP contribution in [0.1, 0.15) is 35.4 Å². The molecule has 1 fully saturated rings. The van der Waals surface area contributed by atoms with Crippen molar-refractivity contribution < 1.29 is 0 Å². The first-order chi connectivity index (χ1) is 9.08. The molecule has 0 radical (unpaired) electrons. The Hall–Kier alpha value is -0.860. The van der Waals surface area contributed by atoms with Gasteiger partial charge in [0.05, 0.1) is 0 Å². The summed E-state index contributed by atoms with van der Waals surface area (Å²) in [4.78, 5) is 2.34. The average molecular weight is 260 g/mol. The van der Waals surface area contributed by atoms with Crippen LogP contribution in [0.15, 0.2) is 18.2 Å². The SMILES string of the molecule is Cc1ccc(C)c(C(CN(C)C)C2CCNCC2)c1. The number of piperidine rings is 1. The second-order valence-electron chi connectivity index (χ2n) is 6.32. The van der Waals surface area contributed by atoms with Crippen molar-refractivity contribution in [2.24, 2.45) is 5.92 Å². The molecular weight excluding hydrogens is 232 g/mol. The van der Waals surface area contributed by atoms with Crippen LogP contribution in [0.3, 0.4) is 0 Å². The zero-order valence-electron chi connectivity index (χ0n) is 12.9. The summed E-state index contributed by atoms with van der Waals surface area (Å²) in [6, 6.07) is 6.92. The molecule has 1 aliphatic heterocycles. The minimum atomic E-state index is 0.678. The number of aryl methyl sites for hydroxylation is 2. The molecule has 2 heteroatoms. The predicted octanol–water partition coefficient (Wildman–Crippen LogP) is 2.95. The molecule has 1 aromatic rings. The number of hydrogen-bond donors (Lipinski definition) is 1. The highest BCUT2D eigenvalue weighted by Crippen LogP contribution is 2.33. The van der Waals surface area contributed by atoms with Crippen molar-refractivity contribution in [1.82, 2.24) is 10.2 Å². The highest BCUT2D eigenvalue weighted by molar-refractivity contribution is 5.34. The fourth-order valence-electron chi connectivity index (χ4n) is 3.30. The number of benzene rings is 1. The number of rotatable bonds is 4. The summed E-state index contributed by atoms with van der Waals surface area (Å²) in [5, 5.41) is 3.49. The fourth-order valence-corrected chi connectivity index (χ4v) is 3.30. The van der Waals surface area contributed by atoms with Gasteiger partial charge in [-0.15, -0.1) is 0 Å². The fraction of sp³-hybridized carbons (Fsp3) is 0.647. The molecule has 0 aromatic heterocycles. The van der Waals surface area contributed by atoms with Gasteiger partial charge in [-0.05, 0) is 76.8 Å². The molecule has 2 rings (SSSR count). The minimum absolute atomic E-state index is 0.678. The molecule has 1 N–H and O–H groups in total. The molecule has 1 unspecified atom stereocenters. The van der Waals surface area contributed by atoms with Crippen LogP contribution in [-0.2, 0) is 0 Å². The van der Waals surface area contributed by atoms with Crippen LogP contribution in [0.2, 0.25) is 0 Å². The lowest BCUT2D eigenvalue weighted by atomic mass is 9.78. The topological polar surface area (TPSA) is 15.3 Å². The van der Waals surface area contributed by atoms with Gasteiger partial charge in [0.2, 0.25) is 0 Å². The Balaban J connectivity index is 2.27. The molecule has 106 valence electrons. The number of likely N-dealkylation sites (N-methyl/N-ethyl adjacent to an activating group) is 1. The van der Waals surface area contributed by atoms with Gasteiger partial charge in [-0.1, -0.05) is 23.8 Å². The van der Waals surface area contributed by atoms with E-state index >= 15 is 0 Å². The van der Waals surface area contributed by atoms with Gasteiger partial charge in [0, 0.05) is 6.54 Å². The Morgan fingerprint density at radius 2 is 1.89 bits per heavy atom. The van der Waals surface area contributed by atoms with Gasteiger partial charge < -0.3 is 10.2 Å². The molecule has 1 aromatic carbocycles. The number of hydrogen-bond acceptors (Lipinski definition) is 2. The van der Waals surface area contributed by atoms with E-state index in [0.29, 0.717) is 5.92 Å². The maximum Gasteiger partial charge on any atom is 0.00470 e. The third kappa shape index (κ3) is 3.80. The smallest absolute Gasteiger partial charge is 0.00470 e. The third-order valence-corrected chi connectivity index (χ3v) is 4.35. The second kappa shape index (κ2) is 6.53. The first-order valence-electron chi connectivity index (χ1n) is 7.50. The largest absolute Gasteiger partial charge is 0.317 e. The Morgan fingerprint density at radius 3 is 2.53 bits per heavy atom. The van der Waals surface area contributed by atoms with Crippen LogP contribution in [0.4, 0.5) is 0 Å². The van der Waals surface area contributed by atoms with E-state index in [1.165, 1.54) is 37.1 Å². The van der Waals surface area contributed by atoms with Crippen molar-refractivity contribution >= 4 is 0 Å². The van der Waals surface area contributed by atoms with Gasteiger partial charge in [-0.3, -0.25) is 0 Å². The molecule has 0 amide bonds. The summed E-state index contributed by atoms with van der Waals surface area (Å²) >= 11 is 0. The van der Waals surface area contributed by atoms with Gasteiger partial charge in [0.1, 0.15) is 0 Å². The lowest BCUT2D eigenvalue weighted by Crippen LogP contribution is -2.34. The summed E-state index contributed by atoms with van der Waals surface area (Å²) in [5.41, 5.74) is 4.41. The zero-order valence-corrected chi connectivity index (χ0v) is 12.9. The molecule has 1 aliphatic rings. The normalized spacial score (nSPS) is 18.8. The number of nitrogens with one attached hydrogen (secondary N) is 1. The lowest BCUT2D eigenvalue weighted by molar-refractivity contribution is 0.261. The van der Waals surface area contributed by atoms with Gasteiger partial charge in [-0.25, -0.2) is 0 Å². The molecule has 1 atom stereocenters. The molecule has 0 spiro atoms. The van der Waals surface area contributed by atoms with Gasteiger partial charge in [0.25, 0.3) is 0 Å². The monoisotopic (exact) mass is 260 g/mol. The first-order valence-corrected chi connectivity index (χ1v) is 7.50. The van der Waals surface area contributed by atoms with E-state index in [1.807, 2.05) is 0 Å². The van der Waals surface area contributed by atoms with Gasteiger partial charge in [0.15, 0.2) is 0 Å². The van der Waals surface area contributed by atoms with E-state index in [-0.39, 0.29) is 0 Å². The Bertz CT molecular complexity index is 406. The lowest BCUT2D eigenvalue weighted by Gasteiger charge is -2.34. The Morgan fingerprint density at radius 1 is 1.21 bits per heavy atom. The van der Waals surface area contributed by atoms with Gasteiger partial charge >= 0.3 is 0 Å². The molecular formula is C17H28N2. The Labute approximate surface area is 118 Å². The van der Waals surface area contributed by atoms with E-state index < -0.39 is 0 Å². The van der Waals surface area contributed by atoms with E-state index in [9.17, 15) is 0 Å². The molecule has 0 aliphatic carbocycles. The summed E-state index contributed by atoms with van der Waals surface area (Å²) in [6.07, 6.45) is 2.62. The molecule has 1 heterocycles. The highest BCUT2D eigenvalue weighted by Gasteiger charge is 2.26.